The molecule has 4 heteroatoms. The van der Waals surface area contributed by atoms with E-state index >= 15 is 0 Å². The van der Waals surface area contributed by atoms with Crippen LogP contribution >= 0.6 is 0 Å². The minimum atomic E-state index is -0.361. The number of ether oxygens (including phenoxy) is 1. The zero-order valence-electron chi connectivity index (χ0n) is 12.7. The van der Waals surface area contributed by atoms with Gasteiger partial charge in [0.05, 0.1) is 11.4 Å². The maximum absolute atomic E-state index is 11.9. The molecule has 0 spiro atoms. The summed E-state index contributed by atoms with van der Waals surface area (Å²) >= 11 is 0. The second-order valence-electron chi connectivity index (χ2n) is 5.56. The SMILES string of the molecule is CC(=O)Oc1cc(C)ccc1-c1ccc2c(n1)CCCC2=O. The molecule has 0 N–H and O–H groups in total. The van der Waals surface area contributed by atoms with Crippen LogP contribution < -0.4 is 4.74 Å². The van der Waals surface area contributed by atoms with E-state index in [-0.39, 0.29) is 11.8 Å². The van der Waals surface area contributed by atoms with E-state index in [2.05, 4.69) is 4.98 Å². The summed E-state index contributed by atoms with van der Waals surface area (Å²) in [6.07, 6.45) is 2.24. The minimum Gasteiger partial charge on any atom is -0.426 e. The lowest BCUT2D eigenvalue weighted by atomic mass is 9.94. The average Bonchev–Trinajstić information content (AvgIpc) is 2.46. The van der Waals surface area contributed by atoms with Crippen molar-refractivity contribution >= 4 is 11.8 Å². The Kier molecular flexibility index (Phi) is 3.75. The van der Waals surface area contributed by atoms with Gasteiger partial charge in [-0.3, -0.25) is 14.6 Å². The first-order chi connectivity index (χ1) is 10.5. The highest BCUT2D eigenvalue weighted by Crippen LogP contribution is 2.31. The topological polar surface area (TPSA) is 56.3 Å². The smallest absolute Gasteiger partial charge is 0.308 e. The highest BCUT2D eigenvalue weighted by Gasteiger charge is 2.20. The van der Waals surface area contributed by atoms with Crippen LogP contribution in [-0.4, -0.2) is 16.7 Å². The number of fused-ring (bicyclic) bond motifs is 1. The average molecular weight is 295 g/mol. The van der Waals surface area contributed by atoms with Gasteiger partial charge in [0.15, 0.2) is 5.78 Å². The highest BCUT2D eigenvalue weighted by atomic mass is 16.5. The number of aryl methyl sites for hydroxylation is 2. The molecule has 0 unspecified atom stereocenters. The van der Waals surface area contributed by atoms with Crippen LogP contribution in [0.15, 0.2) is 30.3 Å². The van der Waals surface area contributed by atoms with Crippen molar-refractivity contribution in [2.75, 3.05) is 0 Å². The van der Waals surface area contributed by atoms with Crippen molar-refractivity contribution < 1.29 is 14.3 Å². The van der Waals surface area contributed by atoms with Crippen molar-refractivity contribution in [3.05, 3.63) is 47.2 Å². The molecule has 0 aliphatic heterocycles. The fourth-order valence-electron chi connectivity index (χ4n) is 2.73. The molecule has 0 fully saturated rings. The minimum absolute atomic E-state index is 0.157. The third kappa shape index (κ3) is 2.77. The normalized spacial score (nSPS) is 13.6. The van der Waals surface area contributed by atoms with Crippen LogP contribution in [0.5, 0.6) is 5.75 Å². The van der Waals surface area contributed by atoms with E-state index in [0.717, 1.165) is 40.9 Å². The highest BCUT2D eigenvalue weighted by molar-refractivity contribution is 5.98. The number of nitrogens with zero attached hydrogens (tertiary/aromatic N) is 1. The molecule has 1 aromatic heterocycles. The predicted octanol–water partition coefficient (Wildman–Crippen LogP) is 3.50. The van der Waals surface area contributed by atoms with E-state index < -0.39 is 0 Å². The summed E-state index contributed by atoms with van der Waals surface area (Å²) in [7, 11) is 0. The molecule has 0 atom stereocenters. The first-order valence-corrected chi connectivity index (χ1v) is 7.37. The number of benzene rings is 1. The zero-order valence-corrected chi connectivity index (χ0v) is 12.7. The Balaban J connectivity index is 2.08. The van der Waals surface area contributed by atoms with E-state index in [9.17, 15) is 9.59 Å². The summed E-state index contributed by atoms with van der Waals surface area (Å²) in [5.74, 6) is 0.298. The van der Waals surface area contributed by atoms with Gasteiger partial charge < -0.3 is 4.74 Å². The van der Waals surface area contributed by atoms with Crippen molar-refractivity contribution in [1.29, 1.82) is 0 Å². The Bertz CT molecular complexity index is 765. The summed E-state index contributed by atoms with van der Waals surface area (Å²) in [6, 6.07) is 9.32. The number of Topliss-reactive ketones (excluding diaryl/α,β-unsaturated/α-hetero) is 1. The second-order valence-corrected chi connectivity index (χ2v) is 5.56. The maximum atomic E-state index is 11.9. The summed E-state index contributed by atoms with van der Waals surface area (Å²) in [6.45, 7) is 3.32. The molecular formula is C18H17NO3. The van der Waals surface area contributed by atoms with Crippen LogP contribution in [0.3, 0.4) is 0 Å². The Labute approximate surface area is 129 Å². The van der Waals surface area contributed by atoms with Gasteiger partial charge in [-0.1, -0.05) is 6.07 Å². The molecule has 1 aromatic carbocycles. The van der Waals surface area contributed by atoms with Crippen LogP contribution in [0, 0.1) is 6.92 Å². The van der Waals surface area contributed by atoms with Gasteiger partial charge >= 0.3 is 5.97 Å². The quantitative estimate of drug-likeness (QED) is 0.628. The molecule has 0 amide bonds. The first kappa shape index (κ1) is 14.4. The summed E-state index contributed by atoms with van der Waals surface area (Å²) in [4.78, 5) is 27.8. The van der Waals surface area contributed by atoms with Gasteiger partial charge in [-0.05, 0) is 49.6 Å². The molecule has 2 aromatic rings. The summed E-state index contributed by atoms with van der Waals surface area (Å²) in [5.41, 5.74) is 4.05. The lowest BCUT2D eigenvalue weighted by Gasteiger charge is -2.16. The molecule has 0 saturated heterocycles. The standard InChI is InChI=1S/C18H17NO3/c1-11-6-7-14(18(10-11)22-12(2)20)16-9-8-13-15(19-16)4-3-5-17(13)21/h6-10H,3-5H2,1-2H3. The number of pyridine rings is 1. The van der Waals surface area contributed by atoms with Crippen LogP contribution in [0.1, 0.15) is 41.4 Å². The number of carbonyl (C=O) groups is 2. The lowest BCUT2D eigenvalue weighted by molar-refractivity contribution is -0.131. The van der Waals surface area contributed by atoms with Gasteiger partial charge in [0, 0.05) is 24.5 Å². The molecule has 1 aliphatic rings. The van der Waals surface area contributed by atoms with Crippen LogP contribution in [0.2, 0.25) is 0 Å². The van der Waals surface area contributed by atoms with Crippen molar-refractivity contribution in [2.45, 2.75) is 33.1 Å². The first-order valence-electron chi connectivity index (χ1n) is 7.37. The molecule has 22 heavy (non-hydrogen) atoms. The van der Waals surface area contributed by atoms with E-state index in [1.165, 1.54) is 6.92 Å². The Morgan fingerprint density at radius 3 is 2.68 bits per heavy atom. The number of carbonyl (C=O) groups excluding carboxylic acids is 2. The molecule has 0 radical (unpaired) electrons. The molecule has 0 saturated carbocycles. The number of ketones is 1. The van der Waals surface area contributed by atoms with Crippen molar-refractivity contribution in [3.8, 4) is 17.0 Å². The van der Waals surface area contributed by atoms with Crippen LogP contribution in [0.25, 0.3) is 11.3 Å². The number of hydrogen-bond donors (Lipinski definition) is 0. The van der Waals surface area contributed by atoms with Gasteiger partial charge in [-0.15, -0.1) is 0 Å². The lowest BCUT2D eigenvalue weighted by Crippen LogP contribution is -2.13. The van der Waals surface area contributed by atoms with E-state index in [1.54, 1.807) is 0 Å². The molecule has 0 bridgehead atoms. The van der Waals surface area contributed by atoms with Gasteiger partial charge in [0.1, 0.15) is 5.75 Å². The number of esters is 1. The Hall–Kier alpha value is -2.49. The number of hydrogen-bond acceptors (Lipinski definition) is 4. The predicted molar refractivity (Wildman–Crippen MR) is 83.0 cm³/mol. The van der Waals surface area contributed by atoms with Crippen molar-refractivity contribution in [1.82, 2.24) is 4.98 Å². The van der Waals surface area contributed by atoms with E-state index in [0.29, 0.717) is 12.2 Å². The fourth-order valence-corrected chi connectivity index (χ4v) is 2.73. The van der Waals surface area contributed by atoms with Gasteiger partial charge in [-0.2, -0.15) is 0 Å². The fraction of sp³-hybridized carbons (Fsp3) is 0.278. The molecular weight excluding hydrogens is 278 g/mol. The number of aromatic nitrogens is 1. The van der Waals surface area contributed by atoms with E-state index in [1.807, 2.05) is 37.3 Å². The summed E-state index contributed by atoms with van der Waals surface area (Å²) < 4.78 is 5.30. The van der Waals surface area contributed by atoms with Crippen LogP contribution in [0.4, 0.5) is 0 Å². The monoisotopic (exact) mass is 295 g/mol. The third-order valence-electron chi connectivity index (χ3n) is 3.76. The molecule has 1 aliphatic carbocycles. The van der Waals surface area contributed by atoms with Gasteiger partial charge in [0.25, 0.3) is 0 Å². The Morgan fingerprint density at radius 1 is 1.14 bits per heavy atom. The zero-order chi connectivity index (χ0) is 15.7. The molecule has 112 valence electrons. The molecule has 3 rings (SSSR count). The Morgan fingerprint density at radius 2 is 1.91 bits per heavy atom. The van der Waals surface area contributed by atoms with Crippen LogP contribution in [-0.2, 0) is 11.2 Å². The number of rotatable bonds is 2. The maximum Gasteiger partial charge on any atom is 0.308 e. The van der Waals surface area contributed by atoms with Gasteiger partial charge in [0.2, 0.25) is 0 Å². The molecule has 4 nitrogen and oxygen atoms in total. The van der Waals surface area contributed by atoms with Gasteiger partial charge in [-0.25, -0.2) is 0 Å². The largest absolute Gasteiger partial charge is 0.426 e. The van der Waals surface area contributed by atoms with Crippen molar-refractivity contribution in [2.24, 2.45) is 0 Å². The molecule has 1 heterocycles. The van der Waals surface area contributed by atoms with E-state index in [4.69, 9.17) is 4.74 Å². The summed E-state index contributed by atoms with van der Waals surface area (Å²) in [5, 5.41) is 0. The second kappa shape index (κ2) is 5.72. The third-order valence-corrected chi connectivity index (χ3v) is 3.76. The van der Waals surface area contributed by atoms with Crippen molar-refractivity contribution in [3.63, 3.8) is 0 Å².